The molecule has 1 aromatic heterocycles. The first-order chi connectivity index (χ1) is 10.8. The summed E-state index contributed by atoms with van der Waals surface area (Å²) < 4.78 is 0. The van der Waals surface area contributed by atoms with Crippen LogP contribution in [0.3, 0.4) is 0 Å². The molecule has 0 aliphatic carbocycles. The third kappa shape index (κ3) is 1.52. The maximum Gasteiger partial charge on any atom is 0.130 e. The minimum absolute atomic E-state index is 0.369. The second kappa shape index (κ2) is 4.32. The Hall–Kier alpha value is -2.36. The molecule has 4 heterocycles. The van der Waals surface area contributed by atoms with Crippen LogP contribution in [0.2, 0.25) is 0 Å². The van der Waals surface area contributed by atoms with Gasteiger partial charge in [0.2, 0.25) is 0 Å². The number of anilines is 1. The van der Waals surface area contributed by atoms with Crippen molar-refractivity contribution in [1.82, 2.24) is 9.88 Å². The Morgan fingerprint density at radius 2 is 2.14 bits per heavy atom. The zero-order valence-electron chi connectivity index (χ0n) is 12.3. The molecule has 3 aliphatic heterocycles. The molecule has 5 rings (SSSR count). The van der Waals surface area contributed by atoms with Crippen molar-refractivity contribution in [2.24, 2.45) is 0 Å². The summed E-state index contributed by atoms with van der Waals surface area (Å²) in [7, 11) is 0. The Kier molecular flexibility index (Phi) is 2.40. The van der Waals surface area contributed by atoms with Gasteiger partial charge in [0.15, 0.2) is 0 Å². The van der Waals surface area contributed by atoms with Gasteiger partial charge in [-0.05, 0) is 36.1 Å². The van der Waals surface area contributed by atoms with E-state index in [-0.39, 0.29) is 0 Å². The van der Waals surface area contributed by atoms with Crippen molar-refractivity contribution in [3.63, 3.8) is 0 Å². The predicted octanol–water partition coefficient (Wildman–Crippen LogP) is 2.62. The Balaban J connectivity index is 1.56. The van der Waals surface area contributed by atoms with Crippen LogP contribution in [0.25, 0.3) is 0 Å². The smallest absolute Gasteiger partial charge is 0.130 e. The van der Waals surface area contributed by atoms with Crippen LogP contribution in [0, 0.1) is 5.41 Å². The van der Waals surface area contributed by atoms with Crippen molar-refractivity contribution >= 4 is 11.5 Å². The highest BCUT2D eigenvalue weighted by molar-refractivity contribution is 5.99. The van der Waals surface area contributed by atoms with Gasteiger partial charge < -0.3 is 10.2 Å². The van der Waals surface area contributed by atoms with Crippen molar-refractivity contribution in [1.29, 1.82) is 5.41 Å². The normalized spacial score (nSPS) is 28.3. The molecule has 3 unspecified atom stereocenters. The highest BCUT2D eigenvalue weighted by Crippen LogP contribution is 2.45. The molecule has 0 saturated carbocycles. The number of fused-ring (bicyclic) bond motifs is 6. The van der Waals surface area contributed by atoms with Gasteiger partial charge >= 0.3 is 0 Å². The molecular weight excluding hydrogens is 272 g/mol. The van der Waals surface area contributed by atoms with Gasteiger partial charge in [-0.1, -0.05) is 18.2 Å². The molecule has 22 heavy (non-hydrogen) atoms. The summed E-state index contributed by atoms with van der Waals surface area (Å²) in [5.74, 6) is 1.23. The van der Waals surface area contributed by atoms with Crippen molar-refractivity contribution in [2.75, 3.05) is 11.9 Å². The molecule has 3 aliphatic rings. The van der Waals surface area contributed by atoms with Crippen LogP contribution in [-0.2, 0) is 6.42 Å². The molecule has 4 nitrogen and oxygen atoms in total. The van der Waals surface area contributed by atoms with Crippen LogP contribution in [0.5, 0.6) is 0 Å². The third-order valence-electron chi connectivity index (χ3n) is 5.49. The summed E-state index contributed by atoms with van der Waals surface area (Å²) in [5, 5.41) is 12.3. The first-order valence-corrected chi connectivity index (χ1v) is 7.97. The van der Waals surface area contributed by atoms with Crippen molar-refractivity contribution in [2.45, 2.75) is 30.8 Å². The maximum absolute atomic E-state index is 8.57. The molecule has 4 heteroatoms. The van der Waals surface area contributed by atoms with E-state index >= 15 is 0 Å². The summed E-state index contributed by atoms with van der Waals surface area (Å²) >= 11 is 0. The number of nitrogens with one attached hydrogen (secondary N) is 2. The second-order valence-corrected chi connectivity index (χ2v) is 6.50. The summed E-state index contributed by atoms with van der Waals surface area (Å²) in [4.78, 5) is 6.48. The number of hydrogen-bond acceptors (Lipinski definition) is 3. The van der Waals surface area contributed by atoms with Crippen molar-refractivity contribution in [3.05, 3.63) is 59.4 Å². The van der Waals surface area contributed by atoms with Crippen LogP contribution in [-0.4, -0.2) is 34.3 Å². The van der Waals surface area contributed by atoms with E-state index in [1.165, 1.54) is 16.8 Å². The summed E-state index contributed by atoms with van der Waals surface area (Å²) in [6.07, 6.45) is 5.81. The number of benzene rings is 1. The summed E-state index contributed by atoms with van der Waals surface area (Å²) in [6.45, 7) is 0.967. The molecule has 0 radical (unpaired) electrons. The molecule has 0 amide bonds. The highest BCUT2D eigenvalue weighted by Gasteiger charge is 2.46. The van der Waals surface area contributed by atoms with E-state index in [9.17, 15) is 0 Å². The van der Waals surface area contributed by atoms with E-state index in [2.05, 4.69) is 45.5 Å². The van der Waals surface area contributed by atoms with Gasteiger partial charge in [-0.3, -0.25) is 10.4 Å². The number of pyridine rings is 1. The molecule has 0 bridgehead atoms. The molecule has 0 spiro atoms. The Morgan fingerprint density at radius 1 is 1.23 bits per heavy atom. The molecule has 2 aromatic rings. The van der Waals surface area contributed by atoms with Gasteiger partial charge in [0.25, 0.3) is 0 Å². The van der Waals surface area contributed by atoms with Crippen LogP contribution in [0.4, 0.5) is 5.69 Å². The van der Waals surface area contributed by atoms with Gasteiger partial charge in [-0.15, -0.1) is 0 Å². The van der Waals surface area contributed by atoms with Crippen LogP contribution < -0.4 is 5.32 Å². The number of hydrogen-bond donors (Lipinski definition) is 2. The van der Waals surface area contributed by atoms with Gasteiger partial charge in [-0.25, -0.2) is 0 Å². The SMILES string of the molecule is N=C1c2cnccc2CC2C3Nc4ccccc4C3CCN12. The lowest BCUT2D eigenvalue weighted by Crippen LogP contribution is -2.58. The topological polar surface area (TPSA) is 52.0 Å². The number of aromatic nitrogens is 1. The Morgan fingerprint density at radius 3 is 3.09 bits per heavy atom. The van der Waals surface area contributed by atoms with Crippen molar-refractivity contribution < 1.29 is 0 Å². The van der Waals surface area contributed by atoms with Crippen molar-refractivity contribution in [3.8, 4) is 0 Å². The molecule has 1 fully saturated rings. The molecular formula is C18H18N4. The van der Waals surface area contributed by atoms with Crippen LogP contribution in [0.15, 0.2) is 42.7 Å². The predicted molar refractivity (Wildman–Crippen MR) is 86.5 cm³/mol. The van der Waals surface area contributed by atoms with E-state index in [1.54, 1.807) is 0 Å². The summed E-state index contributed by atoms with van der Waals surface area (Å²) in [6, 6.07) is 11.5. The zero-order valence-corrected chi connectivity index (χ0v) is 12.3. The lowest BCUT2D eigenvalue weighted by Gasteiger charge is -2.47. The minimum atomic E-state index is 0.369. The number of nitrogens with zero attached hydrogens (tertiary/aromatic N) is 2. The Labute approximate surface area is 129 Å². The fourth-order valence-corrected chi connectivity index (χ4v) is 4.47. The first-order valence-electron chi connectivity index (χ1n) is 7.97. The van der Waals surface area contributed by atoms with Gasteiger partial charge in [0.1, 0.15) is 5.84 Å². The quantitative estimate of drug-likeness (QED) is 0.784. The number of rotatable bonds is 0. The van der Waals surface area contributed by atoms with Gasteiger partial charge in [0.05, 0.1) is 12.1 Å². The van der Waals surface area contributed by atoms with Gasteiger partial charge in [-0.2, -0.15) is 0 Å². The molecule has 2 N–H and O–H groups in total. The van der Waals surface area contributed by atoms with Gasteiger partial charge in [0, 0.05) is 36.1 Å². The average Bonchev–Trinajstić information content (AvgIpc) is 2.94. The fraction of sp³-hybridized carbons (Fsp3) is 0.333. The molecule has 1 saturated heterocycles. The maximum atomic E-state index is 8.57. The van der Waals surface area contributed by atoms with E-state index in [4.69, 9.17) is 5.41 Å². The Bertz CT molecular complexity index is 769. The highest BCUT2D eigenvalue weighted by atomic mass is 15.3. The standard InChI is InChI=1S/C18H18N4/c19-18-14-10-20-7-5-11(14)9-16-17-13(6-8-22(16)18)12-3-1-2-4-15(12)21-17/h1-5,7,10,13,16-17,19,21H,6,8-9H2. The van der Waals surface area contributed by atoms with E-state index in [0.29, 0.717) is 23.8 Å². The fourth-order valence-electron chi connectivity index (χ4n) is 4.47. The monoisotopic (exact) mass is 290 g/mol. The second-order valence-electron chi connectivity index (χ2n) is 6.50. The molecule has 3 atom stereocenters. The lowest BCUT2D eigenvalue weighted by atomic mass is 9.78. The van der Waals surface area contributed by atoms with E-state index in [1.807, 2.05) is 12.4 Å². The average molecular weight is 290 g/mol. The number of piperidine rings is 1. The minimum Gasteiger partial charge on any atom is -0.379 e. The first kappa shape index (κ1) is 12.2. The van der Waals surface area contributed by atoms with E-state index < -0.39 is 0 Å². The molecule has 1 aromatic carbocycles. The van der Waals surface area contributed by atoms with E-state index in [0.717, 1.165) is 24.9 Å². The zero-order chi connectivity index (χ0) is 14.7. The third-order valence-corrected chi connectivity index (χ3v) is 5.49. The van der Waals surface area contributed by atoms with Crippen LogP contribution >= 0.6 is 0 Å². The summed E-state index contributed by atoms with van der Waals surface area (Å²) in [5.41, 5.74) is 5.01. The number of amidine groups is 1. The lowest BCUT2D eigenvalue weighted by molar-refractivity contribution is 0.199. The largest absolute Gasteiger partial charge is 0.379 e. The molecule has 110 valence electrons. The van der Waals surface area contributed by atoms with Crippen LogP contribution in [0.1, 0.15) is 29.0 Å². The number of para-hydroxylation sites is 1.